The number of pyridine rings is 1. The molecule has 8 nitrogen and oxygen atoms in total. The van der Waals surface area contributed by atoms with Crippen LogP contribution in [0.15, 0.2) is 58.7 Å². The van der Waals surface area contributed by atoms with Crippen LogP contribution in [-0.2, 0) is 22.5 Å². The number of carbonyl (C=O) groups excluding carboxylic acids is 1. The highest BCUT2D eigenvalue weighted by Gasteiger charge is 2.21. The molecule has 0 amide bonds. The Morgan fingerprint density at radius 2 is 2.00 bits per heavy atom. The number of nitrogens with zero attached hydrogens (tertiary/aromatic N) is 4. The van der Waals surface area contributed by atoms with Crippen LogP contribution in [0.3, 0.4) is 0 Å². The van der Waals surface area contributed by atoms with Crippen molar-refractivity contribution in [2.75, 3.05) is 6.61 Å². The van der Waals surface area contributed by atoms with Gasteiger partial charge in [0.15, 0.2) is 0 Å². The molecule has 0 aliphatic rings. The average Bonchev–Trinajstić information content (AvgIpc) is 3.06. The molecular weight excluding hydrogens is 416 g/mol. The average molecular weight is 441 g/mol. The van der Waals surface area contributed by atoms with Crippen LogP contribution < -0.4 is 0 Å². The van der Waals surface area contributed by atoms with E-state index in [4.69, 9.17) is 9.72 Å². The predicted octanol–water partition coefficient (Wildman–Crippen LogP) is 4.61. The van der Waals surface area contributed by atoms with Crippen molar-refractivity contribution in [3.05, 3.63) is 76.0 Å². The van der Waals surface area contributed by atoms with E-state index in [0.29, 0.717) is 13.0 Å². The van der Waals surface area contributed by atoms with E-state index in [1.807, 2.05) is 18.2 Å². The molecule has 2 heterocycles. The maximum atomic E-state index is 11.2. The lowest BCUT2D eigenvalue weighted by Gasteiger charge is -2.13. The molecule has 9 heteroatoms. The molecule has 0 bridgehead atoms. The molecule has 0 N–H and O–H groups in total. The fourth-order valence-corrected chi connectivity index (χ4v) is 4.28. The van der Waals surface area contributed by atoms with Crippen LogP contribution in [0, 0.1) is 10.1 Å². The van der Waals surface area contributed by atoms with Crippen molar-refractivity contribution in [3.63, 3.8) is 0 Å². The zero-order chi connectivity index (χ0) is 22.4. The lowest BCUT2D eigenvalue weighted by Crippen LogP contribution is -2.11. The van der Waals surface area contributed by atoms with Crippen LogP contribution in [0.4, 0.5) is 5.69 Å². The van der Waals surface area contributed by atoms with Gasteiger partial charge in [0.2, 0.25) is 0 Å². The molecule has 0 saturated carbocycles. The Balaban J connectivity index is 2.03. The minimum Gasteiger partial charge on any atom is -0.465 e. The number of nitro groups is 1. The minimum absolute atomic E-state index is 0.0476. The van der Waals surface area contributed by atoms with E-state index in [1.54, 1.807) is 24.5 Å². The summed E-state index contributed by atoms with van der Waals surface area (Å²) in [5, 5.41) is 12.1. The minimum atomic E-state index is -0.397. The zero-order valence-corrected chi connectivity index (χ0v) is 18.5. The highest BCUT2D eigenvalue weighted by atomic mass is 32.2. The molecule has 1 aromatic carbocycles. The second kappa shape index (κ2) is 10.2. The van der Waals surface area contributed by atoms with Crippen molar-refractivity contribution in [2.45, 2.75) is 49.6 Å². The number of ether oxygens (including phenoxy) is 1. The topological polar surface area (TPSA) is 100 Å². The van der Waals surface area contributed by atoms with E-state index < -0.39 is 4.92 Å². The lowest BCUT2D eigenvalue weighted by atomic mass is 10.1. The Kier molecular flexibility index (Phi) is 7.41. The Morgan fingerprint density at radius 1 is 1.26 bits per heavy atom. The van der Waals surface area contributed by atoms with Crippen molar-refractivity contribution < 1.29 is 14.5 Å². The summed E-state index contributed by atoms with van der Waals surface area (Å²) in [6.07, 6.45) is 3.95. The summed E-state index contributed by atoms with van der Waals surface area (Å²) < 4.78 is 7.23. The van der Waals surface area contributed by atoms with Crippen LogP contribution in [0.1, 0.15) is 43.8 Å². The summed E-state index contributed by atoms with van der Waals surface area (Å²) in [5.74, 6) is 0.615. The van der Waals surface area contributed by atoms with Crippen molar-refractivity contribution >= 4 is 23.4 Å². The van der Waals surface area contributed by atoms with Crippen molar-refractivity contribution in [1.82, 2.24) is 14.5 Å². The molecule has 0 atom stereocenters. The normalized spacial score (nSPS) is 11.0. The first kappa shape index (κ1) is 22.5. The second-order valence-corrected chi connectivity index (χ2v) is 8.32. The Bertz CT molecular complexity index is 1070. The van der Waals surface area contributed by atoms with Crippen LogP contribution in [-0.4, -0.2) is 32.0 Å². The van der Waals surface area contributed by atoms with Gasteiger partial charge in [0.25, 0.3) is 5.69 Å². The summed E-state index contributed by atoms with van der Waals surface area (Å²) >= 11 is 1.45. The number of aromatic nitrogens is 3. The predicted molar refractivity (Wildman–Crippen MR) is 117 cm³/mol. The fourth-order valence-electron chi connectivity index (χ4n) is 3.07. The van der Waals surface area contributed by atoms with Crippen molar-refractivity contribution in [1.29, 1.82) is 0 Å². The van der Waals surface area contributed by atoms with Gasteiger partial charge >= 0.3 is 5.97 Å². The summed E-state index contributed by atoms with van der Waals surface area (Å²) in [5.41, 5.74) is 2.01. The molecule has 0 unspecified atom stereocenters. The van der Waals surface area contributed by atoms with Crippen molar-refractivity contribution in [3.8, 4) is 0 Å². The smallest absolute Gasteiger partial charge is 0.302 e. The number of hydrogen-bond donors (Lipinski definition) is 0. The second-order valence-electron chi connectivity index (χ2n) is 7.26. The summed E-state index contributed by atoms with van der Waals surface area (Å²) in [4.78, 5) is 31.7. The third-order valence-electron chi connectivity index (χ3n) is 4.54. The van der Waals surface area contributed by atoms with Crippen molar-refractivity contribution in [2.24, 2.45) is 0 Å². The molecule has 0 radical (unpaired) electrons. The molecule has 0 fully saturated rings. The van der Waals surface area contributed by atoms with Crippen LogP contribution >= 0.6 is 11.8 Å². The maximum Gasteiger partial charge on any atom is 0.302 e. The van der Waals surface area contributed by atoms with E-state index in [1.165, 1.54) is 24.8 Å². The fraction of sp³-hybridized carbons (Fsp3) is 0.318. The van der Waals surface area contributed by atoms with E-state index in [0.717, 1.165) is 27.0 Å². The Morgan fingerprint density at radius 3 is 2.65 bits per heavy atom. The monoisotopic (exact) mass is 440 g/mol. The molecular formula is C22H24N4O4S. The standard InChI is InChI=1S/C22H24N4O4S/c1-15(2)21-22(31-19-6-4-5-18(13-19)26(28)29)25(14-17-7-10-23-11-8-17)20(24-21)9-12-30-16(3)27/h4-8,10-11,13,15H,9,12,14H2,1-3H3. The van der Waals surface area contributed by atoms with Gasteiger partial charge in [-0.25, -0.2) is 4.98 Å². The van der Waals surface area contributed by atoms with Gasteiger partial charge in [-0.15, -0.1) is 0 Å². The maximum absolute atomic E-state index is 11.2. The van der Waals surface area contributed by atoms with Crippen LogP contribution in [0.25, 0.3) is 0 Å². The molecule has 2 aromatic heterocycles. The molecule has 31 heavy (non-hydrogen) atoms. The van der Waals surface area contributed by atoms with Crippen LogP contribution in [0.5, 0.6) is 0 Å². The molecule has 3 rings (SSSR count). The van der Waals surface area contributed by atoms with Gasteiger partial charge in [0, 0.05) is 49.3 Å². The van der Waals surface area contributed by atoms with E-state index >= 15 is 0 Å². The van der Waals surface area contributed by atoms with Gasteiger partial charge in [0.1, 0.15) is 10.9 Å². The van der Waals surface area contributed by atoms with Gasteiger partial charge in [0.05, 0.1) is 17.2 Å². The van der Waals surface area contributed by atoms with Gasteiger partial charge in [-0.2, -0.15) is 0 Å². The van der Waals surface area contributed by atoms with Gasteiger partial charge in [-0.05, 0) is 29.7 Å². The summed E-state index contributed by atoms with van der Waals surface area (Å²) in [7, 11) is 0. The number of nitro benzene ring substituents is 1. The van der Waals surface area contributed by atoms with E-state index in [9.17, 15) is 14.9 Å². The molecule has 0 saturated heterocycles. The third-order valence-corrected chi connectivity index (χ3v) is 5.65. The number of non-ortho nitro benzene ring substituents is 1. The third kappa shape index (κ3) is 5.91. The first-order chi connectivity index (χ1) is 14.8. The summed E-state index contributed by atoms with van der Waals surface area (Å²) in [6.45, 7) is 6.31. The SMILES string of the molecule is CC(=O)OCCc1nc(C(C)C)c(Sc2cccc([N+](=O)[O-])c2)n1Cc1ccncc1. The van der Waals surface area contributed by atoms with Gasteiger partial charge in [-0.1, -0.05) is 31.7 Å². The number of hydrogen-bond acceptors (Lipinski definition) is 7. The largest absolute Gasteiger partial charge is 0.465 e. The molecule has 0 aliphatic heterocycles. The van der Waals surface area contributed by atoms with E-state index in [-0.39, 0.29) is 24.2 Å². The highest BCUT2D eigenvalue weighted by molar-refractivity contribution is 7.99. The molecule has 162 valence electrons. The molecule has 0 spiro atoms. The molecule has 0 aliphatic carbocycles. The number of carbonyl (C=O) groups is 1. The lowest BCUT2D eigenvalue weighted by molar-refractivity contribution is -0.385. The number of benzene rings is 1. The first-order valence-electron chi connectivity index (χ1n) is 9.89. The van der Waals surface area contributed by atoms with Gasteiger partial charge in [-0.3, -0.25) is 19.9 Å². The Hall–Kier alpha value is -3.20. The quantitative estimate of drug-likeness (QED) is 0.272. The number of imidazole rings is 1. The van der Waals surface area contributed by atoms with Gasteiger partial charge < -0.3 is 9.30 Å². The number of rotatable bonds is 9. The Labute approximate surface area is 184 Å². The van der Waals surface area contributed by atoms with Crippen LogP contribution in [0.2, 0.25) is 0 Å². The highest BCUT2D eigenvalue weighted by Crippen LogP contribution is 2.36. The first-order valence-corrected chi connectivity index (χ1v) is 10.7. The van der Waals surface area contributed by atoms with E-state index in [2.05, 4.69) is 23.4 Å². The zero-order valence-electron chi connectivity index (χ0n) is 17.6. The number of esters is 1. The molecule has 3 aromatic rings. The summed E-state index contributed by atoms with van der Waals surface area (Å²) in [6, 6.07) is 10.5.